The van der Waals surface area contributed by atoms with E-state index in [1.54, 1.807) is 6.07 Å². The zero-order valence-electron chi connectivity index (χ0n) is 9.89. The number of aromatic nitrogens is 1. The lowest BCUT2D eigenvalue weighted by Crippen LogP contribution is -2.31. The van der Waals surface area contributed by atoms with Gasteiger partial charge >= 0.3 is 0 Å². The molecule has 0 aromatic carbocycles. The van der Waals surface area contributed by atoms with E-state index in [9.17, 15) is 8.42 Å². The first kappa shape index (κ1) is 12.4. The van der Waals surface area contributed by atoms with Crippen LogP contribution in [0.1, 0.15) is 25.7 Å². The third-order valence-electron chi connectivity index (χ3n) is 3.96. The van der Waals surface area contributed by atoms with Gasteiger partial charge in [-0.05, 0) is 49.1 Å². The molecule has 2 aliphatic rings. The van der Waals surface area contributed by atoms with Crippen molar-refractivity contribution in [2.24, 2.45) is 11.3 Å². The van der Waals surface area contributed by atoms with Crippen molar-refractivity contribution >= 4 is 21.6 Å². The molecule has 0 bridgehead atoms. The standard InChI is InChI=1S/C12H15ClN2O2S/c13-11-10(2-1-7-14-11)18(16,17)15-8-12(5-6-12)9-3-4-9/h1-2,7,9,15H,3-6,8H2. The minimum absolute atomic E-state index is 0.0290. The Kier molecular flexibility index (Phi) is 2.88. The third-order valence-corrected chi connectivity index (χ3v) is 5.81. The normalized spacial score (nSPS) is 21.8. The Morgan fingerprint density at radius 2 is 2.17 bits per heavy atom. The molecule has 1 aromatic heterocycles. The van der Waals surface area contributed by atoms with Crippen molar-refractivity contribution in [1.82, 2.24) is 9.71 Å². The first-order chi connectivity index (χ1) is 8.54. The van der Waals surface area contributed by atoms with Crippen molar-refractivity contribution < 1.29 is 8.42 Å². The van der Waals surface area contributed by atoms with E-state index in [0.717, 1.165) is 18.8 Å². The van der Waals surface area contributed by atoms with E-state index in [-0.39, 0.29) is 15.5 Å². The summed E-state index contributed by atoms with van der Waals surface area (Å²) in [6.07, 6.45) is 6.25. The van der Waals surface area contributed by atoms with Crippen LogP contribution < -0.4 is 4.72 Å². The molecule has 1 heterocycles. The number of sulfonamides is 1. The Bertz CT molecular complexity index is 565. The molecule has 0 atom stereocenters. The molecule has 3 rings (SSSR count). The van der Waals surface area contributed by atoms with Gasteiger partial charge in [-0.15, -0.1) is 0 Å². The van der Waals surface area contributed by atoms with Gasteiger partial charge in [-0.2, -0.15) is 0 Å². The number of halogens is 1. The fraction of sp³-hybridized carbons (Fsp3) is 0.583. The maximum absolute atomic E-state index is 12.1. The molecule has 18 heavy (non-hydrogen) atoms. The average molecular weight is 287 g/mol. The van der Waals surface area contributed by atoms with Crippen LogP contribution in [0.25, 0.3) is 0 Å². The van der Waals surface area contributed by atoms with Crippen LogP contribution in [-0.2, 0) is 10.0 Å². The van der Waals surface area contributed by atoms with Gasteiger partial charge in [0.25, 0.3) is 0 Å². The summed E-state index contributed by atoms with van der Waals surface area (Å²) < 4.78 is 27.0. The molecule has 2 aliphatic carbocycles. The molecule has 98 valence electrons. The SMILES string of the molecule is O=S(=O)(NCC1(C2CC2)CC1)c1cccnc1Cl. The van der Waals surface area contributed by atoms with Crippen LogP contribution in [0, 0.1) is 11.3 Å². The molecule has 1 N–H and O–H groups in total. The number of nitrogens with zero attached hydrogens (tertiary/aromatic N) is 1. The third kappa shape index (κ3) is 2.27. The van der Waals surface area contributed by atoms with Crippen molar-refractivity contribution in [1.29, 1.82) is 0 Å². The second kappa shape index (κ2) is 4.18. The molecule has 2 saturated carbocycles. The van der Waals surface area contributed by atoms with Crippen LogP contribution in [0.15, 0.2) is 23.2 Å². The summed E-state index contributed by atoms with van der Waals surface area (Å²) in [5, 5.41) is 0.0290. The predicted molar refractivity (Wildman–Crippen MR) is 68.8 cm³/mol. The first-order valence-electron chi connectivity index (χ1n) is 6.14. The van der Waals surface area contributed by atoms with Gasteiger partial charge in [0.15, 0.2) is 0 Å². The maximum Gasteiger partial charge on any atom is 0.243 e. The Morgan fingerprint density at radius 3 is 2.72 bits per heavy atom. The fourth-order valence-corrected chi connectivity index (χ4v) is 4.06. The van der Waals surface area contributed by atoms with Gasteiger partial charge in [0.2, 0.25) is 10.0 Å². The van der Waals surface area contributed by atoms with Crippen LogP contribution in [-0.4, -0.2) is 19.9 Å². The van der Waals surface area contributed by atoms with Gasteiger partial charge < -0.3 is 0 Å². The van der Waals surface area contributed by atoms with Gasteiger partial charge in [-0.1, -0.05) is 11.6 Å². The van der Waals surface area contributed by atoms with E-state index in [1.165, 1.54) is 25.1 Å². The molecule has 2 fully saturated rings. The number of rotatable bonds is 5. The summed E-state index contributed by atoms with van der Waals surface area (Å²) >= 11 is 5.82. The quantitative estimate of drug-likeness (QED) is 0.844. The second-order valence-corrected chi connectivity index (χ2v) is 7.35. The highest BCUT2D eigenvalue weighted by Gasteiger charge is 2.53. The van der Waals surface area contributed by atoms with Gasteiger partial charge in [-0.25, -0.2) is 18.1 Å². The summed E-state index contributed by atoms with van der Waals surface area (Å²) in [7, 11) is -3.53. The highest BCUT2D eigenvalue weighted by Crippen LogP contribution is 2.60. The van der Waals surface area contributed by atoms with Crippen LogP contribution in [0.5, 0.6) is 0 Å². The molecule has 0 aliphatic heterocycles. The van der Waals surface area contributed by atoms with E-state index in [0.29, 0.717) is 6.54 Å². The Balaban J connectivity index is 1.73. The number of hydrogen-bond donors (Lipinski definition) is 1. The highest BCUT2D eigenvalue weighted by molar-refractivity contribution is 7.89. The zero-order valence-corrected chi connectivity index (χ0v) is 11.5. The minimum atomic E-state index is -3.53. The van der Waals surface area contributed by atoms with Crippen molar-refractivity contribution in [3.63, 3.8) is 0 Å². The molecule has 0 radical (unpaired) electrons. The van der Waals surface area contributed by atoms with Gasteiger partial charge in [-0.3, -0.25) is 0 Å². The Labute approximate surface area is 112 Å². The molecular formula is C12H15ClN2O2S. The average Bonchev–Trinajstić information content (AvgIpc) is 3.19. The number of pyridine rings is 1. The smallest absolute Gasteiger partial charge is 0.243 e. The lowest BCUT2D eigenvalue weighted by molar-refractivity contribution is 0.432. The van der Waals surface area contributed by atoms with Crippen molar-refractivity contribution in [3.8, 4) is 0 Å². The lowest BCUT2D eigenvalue weighted by atomic mass is 10.0. The van der Waals surface area contributed by atoms with Crippen LogP contribution in [0.4, 0.5) is 0 Å². The number of nitrogens with one attached hydrogen (secondary N) is 1. The monoisotopic (exact) mass is 286 g/mol. The van der Waals surface area contributed by atoms with Crippen molar-refractivity contribution in [2.75, 3.05) is 6.54 Å². The summed E-state index contributed by atoms with van der Waals surface area (Å²) in [5.41, 5.74) is 0.238. The van der Waals surface area contributed by atoms with E-state index in [4.69, 9.17) is 11.6 Å². The molecule has 4 nitrogen and oxygen atoms in total. The van der Waals surface area contributed by atoms with Gasteiger partial charge in [0, 0.05) is 12.7 Å². The molecule has 0 amide bonds. The Morgan fingerprint density at radius 1 is 1.44 bits per heavy atom. The van der Waals surface area contributed by atoms with Gasteiger partial charge in [0.1, 0.15) is 10.0 Å². The predicted octanol–water partition coefficient (Wildman–Crippen LogP) is 2.20. The highest BCUT2D eigenvalue weighted by atomic mass is 35.5. The summed E-state index contributed by atoms with van der Waals surface area (Å²) in [4.78, 5) is 3.87. The van der Waals surface area contributed by atoms with Crippen LogP contribution in [0.3, 0.4) is 0 Å². The maximum atomic E-state index is 12.1. The molecular weight excluding hydrogens is 272 g/mol. The molecule has 0 spiro atoms. The van der Waals surface area contributed by atoms with Crippen LogP contribution in [0.2, 0.25) is 5.15 Å². The minimum Gasteiger partial charge on any atom is -0.243 e. The molecule has 1 aromatic rings. The van der Waals surface area contributed by atoms with E-state index in [1.807, 2.05) is 0 Å². The Hall–Kier alpha value is -0.650. The topological polar surface area (TPSA) is 59.1 Å². The van der Waals surface area contributed by atoms with Crippen molar-refractivity contribution in [3.05, 3.63) is 23.5 Å². The second-order valence-electron chi connectivity index (χ2n) is 5.25. The number of hydrogen-bond acceptors (Lipinski definition) is 3. The summed E-state index contributed by atoms with van der Waals surface area (Å²) in [6, 6.07) is 3.06. The fourth-order valence-electron chi connectivity index (χ4n) is 2.47. The molecule has 0 unspecified atom stereocenters. The van der Waals surface area contributed by atoms with E-state index < -0.39 is 10.0 Å². The zero-order chi connectivity index (χ0) is 12.8. The molecule has 6 heteroatoms. The van der Waals surface area contributed by atoms with Crippen molar-refractivity contribution in [2.45, 2.75) is 30.6 Å². The summed E-state index contributed by atoms with van der Waals surface area (Å²) in [6.45, 7) is 0.533. The molecule has 0 saturated heterocycles. The lowest BCUT2D eigenvalue weighted by Gasteiger charge is -2.15. The summed E-state index contributed by atoms with van der Waals surface area (Å²) in [5.74, 6) is 0.726. The van der Waals surface area contributed by atoms with E-state index >= 15 is 0 Å². The van der Waals surface area contributed by atoms with E-state index in [2.05, 4.69) is 9.71 Å². The van der Waals surface area contributed by atoms with Crippen LogP contribution >= 0.6 is 11.6 Å². The largest absolute Gasteiger partial charge is 0.243 e. The first-order valence-corrected chi connectivity index (χ1v) is 8.00. The van der Waals surface area contributed by atoms with Gasteiger partial charge in [0.05, 0.1) is 0 Å².